The van der Waals surface area contributed by atoms with E-state index in [9.17, 15) is 9.59 Å². The Kier molecular flexibility index (Phi) is 4.60. The first kappa shape index (κ1) is 12.3. The van der Waals surface area contributed by atoms with Crippen molar-refractivity contribution in [2.45, 2.75) is 13.3 Å². The maximum Gasteiger partial charge on any atom is 0.260 e. The Hall–Kier alpha value is -1.75. The lowest BCUT2D eigenvalue weighted by Crippen LogP contribution is -2.31. The van der Waals surface area contributed by atoms with Gasteiger partial charge in [-0.05, 0) is 32.0 Å². The van der Waals surface area contributed by atoms with Gasteiger partial charge in [-0.2, -0.15) is 0 Å². The third-order valence-electron chi connectivity index (χ3n) is 2.13. The van der Waals surface area contributed by atoms with E-state index >= 15 is 0 Å². The monoisotopic (exact) mass is 221 g/mol. The number of aryl methyl sites for hydroxylation is 1. The van der Waals surface area contributed by atoms with Crippen molar-refractivity contribution in [2.75, 3.05) is 13.1 Å². The molecular formula is C11H15N3O2. The minimum atomic E-state index is -0.311. The topological polar surface area (TPSA) is 76.3 Å². The van der Waals surface area contributed by atoms with Crippen molar-refractivity contribution in [3.05, 3.63) is 29.6 Å². The number of nitrogens with two attached hydrogens (primary N) is 1. The van der Waals surface area contributed by atoms with Crippen LogP contribution in [0.1, 0.15) is 22.5 Å². The van der Waals surface area contributed by atoms with E-state index in [1.54, 1.807) is 25.3 Å². The Morgan fingerprint density at radius 3 is 2.94 bits per heavy atom. The Morgan fingerprint density at radius 2 is 2.38 bits per heavy atom. The van der Waals surface area contributed by atoms with E-state index in [-0.39, 0.29) is 5.91 Å². The van der Waals surface area contributed by atoms with Gasteiger partial charge in [0.2, 0.25) is 6.41 Å². The molecule has 1 aromatic rings. The van der Waals surface area contributed by atoms with E-state index in [2.05, 4.69) is 4.98 Å². The quantitative estimate of drug-likeness (QED) is 0.727. The van der Waals surface area contributed by atoms with Gasteiger partial charge >= 0.3 is 0 Å². The summed E-state index contributed by atoms with van der Waals surface area (Å²) in [5, 5.41) is 0. The fraction of sp³-hybridized carbons (Fsp3) is 0.364. The van der Waals surface area contributed by atoms with Crippen LogP contribution in [0.4, 0.5) is 0 Å². The average molecular weight is 221 g/mol. The number of imide groups is 1. The van der Waals surface area contributed by atoms with Gasteiger partial charge in [-0.3, -0.25) is 19.5 Å². The molecule has 0 aliphatic rings. The van der Waals surface area contributed by atoms with Crippen LogP contribution in [-0.4, -0.2) is 35.3 Å². The predicted octanol–water partition coefficient (Wildman–Crippen LogP) is 0.337. The number of rotatable bonds is 5. The molecule has 5 nitrogen and oxygen atoms in total. The highest BCUT2D eigenvalue weighted by molar-refractivity contribution is 5.99. The molecule has 2 amide bonds. The SMILES string of the molecule is Cc1cc(C(=O)N(C=O)CCCN)ccn1. The van der Waals surface area contributed by atoms with Gasteiger partial charge in [0.15, 0.2) is 0 Å². The first-order valence-electron chi connectivity index (χ1n) is 5.08. The number of amides is 2. The molecule has 0 saturated heterocycles. The van der Waals surface area contributed by atoms with Crippen LogP contribution in [0.2, 0.25) is 0 Å². The molecule has 0 saturated carbocycles. The van der Waals surface area contributed by atoms with Crippen molar-refractivity contribution in [1.29, 1.82) is 0 Å². The molecule has 1 rings (SSSR count). The van der Waals surface area contributed by atoms with Crippen molar-refractivity contribution in [3.8, 4) is 0 Å². The molecule has 5 heteroatoms. The Morgan fingerprint density at radius 1 is 1.62 bits per heavy atom. The van der Waals surface area contributed by atoms with Crippen LogP contribution in [0.3, 0.4) is 0 Å². The molecule has 2 N–H and O–H groups in total. The first-order valence-corrected chi connectivity index (χ1v) is 5.08. The zero-order valence-corrected chi connectivity index (χ0v) is 9.22. The molecule has 1 heterocycles. The fourth-order valence-corrected chi connectivity index (χ4v) is 1.31. The second kappa shape index (κ2) is 5.97. The van der Waals surface area contributed by atoms with Crippen LogP contribution in [0.15, 0.2) is 18.3 Å². The minimum absolute atomic E-state index is 0.311. The summed E-state index contributed by atoms with van der Waals surface area (Å²) < 4.78 is 0. The molecule has 0 radical (unpaired) electrons. The van der Waals surface area contributed by atoms with Crippen molar-refractivity contribution >= 4 is 12.3 Å². The van der Waals surface area contributed by atoms with E-state index in [1.807, 2.05) is 0 Å². The lowest BCUT2D eigenvalue weighted by atomic mass is 10.2. The zero-order valence-electron chi connectivity index (χ0n) is 9.22. The number of nitrogens with zero attached hydrogens (tertiary/aromatic N) is 2. The van der Waals surface area contributed by atoms with E-state index in [1.165, 1.54) is 0 Å². The van der Waals surface area contributed by atoms with Crippen LogP contribution in [-0.2, 0) is 4.79 Å². The lowest BCUT2D eigenvalue weighted by Gasteiger charge is -2.14. The first-order chi connectivity index (χ1) is 7.69. The number of hydrogen-bond donors (Lipinski definition) is 1. The molecule has 0 atom stereocenters. The standard InChI is InChI=1S/C11H15N3O2/c1-9-7-10(3-5-13-9)11(16)14(8-15)6-2-4-12/h3,5,7-8H,2,4,6,12H2,1H3. The Balaban J connectivity index is 2.78. The van der Waals surface area contributed by atoms with Crippen LogP contribution < -0.4 is 5.73 Å². The Labute approximate surface area is 94.3 Å². The van der Waals surface area contributed by atoms with Gasteiger partial charge in [0.1, 0.15) is 0 Å². The number of hydrogen-bond acceptors (Lipinski definition) is 4. The molecule has 0 aliphatic carbocycles. The summed E-state index contributed by atoms with van der Waals surface area (Å²) in [5.74, 6) is -0.311. The smallest absolute Gasteiger partial charge is 0.260 e. The molecule has 1 aromatic heterocycles. The van der Waals surface area contributed by atoms with Gasteiger partial charge < -0.3 is 5.73 Å². The summed E-state index contributed by atoms with van der Waals surface area (Å²) in [4.78, 5) is 27.7. The summed E-state index contributed by atoms with van der Waals surface area (Å²) in [5.41, 5.74) is 6.55. The van der Waals surface area contributed by atoms with Crippen LogP contribution >= 0.6 is 0 Å². The normalized spacial score (nSPS) is 9.88. The van der Waals surface area contributed by atoms with Gasteiger partial charge in [0.25, 0.3) is 5.91 Å². The number of aromatic nitrogens is 1. The number of pyridine rings is 1. The molecule has 0 spiro atoms. The lowest BCUT2D eigenvalue weighted by molar-refractivity contribution is -0.116. The van der Waals surface area contributed by atoms with Gasteiger partial charge in [0.05, 0.1) is 0 Å². The maximum atomic E-state index is 11.9. The summed E-state index contributed by atoms with van der Waals surface area (Å²) in [6.07, 6.45) is 2.69. The predicted molar refractivity (Wildman–Crippen MR) is 59.7 cm³/mol. The molecule has 86 valence electrons. The van der Waals surface area contributed by atoms with Crippen molar-refractivity contribution < 1.29 is 9.59 Å². The van der Waals surface area contributed by atoms with E-state index in [0.717, 1.165) is 10.6 Å². The molecule has 0 bridgehead atoms. The van der Waals surface area contributed by atoms with E-state index < -0.39 is 0 Å². The number of carbonyl (C=O) groups is 2. The number of carbonyl (C=O) groups excluding carboxylic acids is 2. The molecule has 16 heavy (non-hydrogen) atoms. The largest absolute Gasteiger partial charge is 0.330 e. The molecule has 0 unspecified atom stereocenters. The second-order valence-electron chi connectivity index (χ2n) is 3.43. The maximum absolute atomic E-state index is 11.9. The van der Waals surface area contributed by atoms with Crippen molar-refractivity contribution in [1.82, 2.24) is 9.88 Å². The van der Waals surface area contributed by atoms with Gasteiger partial charge in [-0.25, -0.2) is 0 Å². The minimum Gasteiger partial charge on any atom is -0.330 e. The second-order valence-corrected chi connectivity index (χ2v) is 3.43. The van der Waals surface area contributed by atoms with E-state index in [0.29, 0.717) is 31.5 Å². The van der Waals surface area contributed by atoms with Crippen LogP contribution in [0.5, 0.6) is 0 Å². The zero-order chi connectivity index (χ0) is 12.0. The van der Waals surface area contributed by atoms with Gasteiger partial charge in [-0.15, -0.1) is 0 Å². The summed E-state index contributed by atoms with van der Waals surface area (Å²) >= 11 is 0. The van der Waals surface area contributed by atoms with Crippen LogP contribution in [0.25, 0.3) is 0 Å². The molecular weight excluding hydrogens is 206 g/mol. The third-order valence-corrected chi connectivity index (χ3v) is 2.13. The fourth-order valence-electron chi connectivity index (χ4n) is 1.31. The highest BCUT2D eigenvalue weighted by Gasteiger charge is 2.14. The highest BCUT2D eigenvalue weighted by Crippen LogP contribution is 2.05. The summed E-state index contributed by atoms with van der Waals surface area (Å²) in [7, 11) is 0. The highest BCUT2D eigenvalue weighted by atomic mass is 16.2. The summed E-state index contributed by atoms with van der Waals surface area (Å²) in [6, 6.07) is 3.25. The average Bonchev–Trinajstić information content (AvgIpc) is 2.29. The molecule has 0 aliphatic heterocycles. The molecule has 0 fully saturated rings. The van der Waals surface area contributed by atoms with Crippen LogP contribution in [0, 0.1) is 6.92 Å². The third kappa shape index (κ3) is 3.13. The van der Waals surface area contributed by atoms with Crippen molar-refractivity contribution in [2.24, 2.45) is 5.73 Å². The van der Waals surface area contributed by atoms with Gasteiger partial charge in [-0.1, -0.05) is 0 Å². The molecule has 0 aromatic carbocycles. The Bertz CT molecular complexity index is 379. The van der Waals surface area contributed by atoms with Crippen molar-refractivity contribution in [3.63, 3.8) is 0 Å². The summed E-state index contributed by atoms with van der Waals surface area (Å²) in [6.45, 7) is 2.59. The van der Waals surface area contributed by atoms with Gasteiger partial charge in [0, 0.05) is 24.0 Å². The van der Waals surface area contributed by atoms with E-state index in [4.69, 9.17) is 5.73 Å².